The quantitative estimate of drug-likeness (QED) is 0.849. The summed E-state index contributed by atoms with van der Waals surface area (Å²) < 4.78 is 2.10. The molecular formula is C16H24N4S. The molecule has 0 radical (unpaired) electrons. The number of hydrogen-bond acceptors (Lipinski definition) is 4. The number of aryl methyl sites for hydroxylation is 1. The number of aromatic nitrogens is 2. The van der Waals surface area contributed by atoms with Gasteiger partial charge in [-0.1, -0.05) is 0 Å². The number of thiophene rings is 1. The van der Waals surface area contributed by atoms with Gasteiger partial charge in [0.05, 0.1) is 5.69 Å². The molecule has 1 atom stereocenters. The van der Waals surface area contributed by atoms with Gasteiger partial charge in [-0.25, -0.2) is 0 Å². The molecule has 0 saturated carbocycles. The molecular weight excluding hydrogens is 280 g/mol. The molecule has 2 aromatic rings. The molecule has 2 aromatic heterocycles. The van der Waals surface area contributed by atoms with Crippen LogP contribution in [-0.4, -0.2) is 45.8 Å². The summed E-state index contributed by atoms with van der Waals surface area (Å²) in [6, 6.07) is 4.94. The first kappa shape index (κ1) is 14.8. The fourth-order valence-corrected chi connectivity index (χ4v) is 3.79. The Hall–Kier alpha value is -1.17. The largest absolute Gasteiger partial charge is 0.295 e. The van der Waals surface area contributed by atoms with Gasteiger partial charge in [0.1, 0.15) is 0 Å². The molecule has 1 fully saturated rings. The lowest BCUT2D eigenvalue weighted by molar-refractivity contribution is 0.0962. The minimum absolute atomic E-state index is 0.541. The van der Waals surface area contributed by atoms with E-state index in [0.29, 0.717) is 6.04 Å². The molecule has 5 heteroatoms. The van der Waals surface area contributed by atoms with Crippen LogP contribution >= 0.6 is 11.3 Å². The first-order valence-corrected chi connectivity index (χ1v) is 8.71. The molecule has 0 bridgehead atoms. The van der Waals surface area contributed by atoms with Crippen LogP contribution in [0.3, 0.4) is 0 Å². The van der Waals surface area contributed by atoms with Crippen molar-refractivity contribution >= 4 is 11.3 Å². The first-order valence-electron chi connectivity index (χ1n) is 7.77. The van der Waals surface area contributed by atoms with Crippen molar-refractivity contribution in [2.45, 2.75) is 33.0 Å². The number of rotatable bonds is 5. The highest BCUT2D eigenvalue weighted by atomic mass is 32.1. The van der Waals surface area contributed by atoms with Crippen molar-refractivity contribution in [3.63, 3.8) is 0 Å². The van der Waals surface area contributed by atoms with Crippen molar-refractivity contribution in [1.29, 1.82) is 0 Å². The summed E-state index contributed by atoms with van der Waals surface area (Å²) in [7, 11) is 0. The van der Waals surface area contributed by atoms with Crippen LogP contribution < -0.4 is 0 Å². The normalized spacial score (nSPS) is 19.0. The second kappa shape index (κ2) is 6.73. The maximum atomic E-state index is 4.36. The molecule has 0 aromatic carbocycles. The van der Waals surface area contributed by atoms with Crippen LogP contribution in [0.4, 0.5) is 0 Å². The van der Waals surface area contributed by atoms with E-state index in [1.807, 2.05) is 6.20 Å². The first-order chi connectivity index (χ1) is 10.3. The van der Waals surface area contributed by atoms with Crippen LogP contribution in [0.2, 0.25) is 0 Å². The van der Waals surface area contributed by atoms with Gasteiger partial charge in [-0.15, -0.1) is 0 Å². The van der Waals surface area contributed by atoms with Crippen molar-refractivity contribution in [3.8, 4) is 0 Å². The summed E-state index contributed by atoms with van der Waals surface area (Å²) in [5, 5.41) is 8.81. The molecule has 114 valence electrons. The molecule has 4 nitrogen and oxygen atoms in total. The third kappa shape index (κ3) is 3.36. The molecule has 0 N–H and O–H groups in total. The van der Waals surface area contributed by atoms with Crippen LogP contribution in [0.1, 0.15) is 31.1 Å². The lowest BCUT2D eigenvalue weighted by atomic mass is 10.1. The Kier molecular flexibility index (Phi) is 4.73. The Morgan fingerprint density at radius 3 is 2.71 bits per heavy atom. The van der Waals surface area contributed by atoms with Crippen LogP contribution in [0, 0.1) is 0 Å². The molecule has 0 amide bonds. The Balaban J connectivity index is 1.53. The minimum Gasteiger partial charge on any atom is -0.295 e. The van der Waals surface area contributed by atoms with Crippen molar-refractivity contribution in [1.82, 2.24) is 19.6 Å². The Morgan fingerprint density at radius 1 is 1.24 bits per heavy atom. The van der Waals surface area contributed by atoms with E-state index < -0.39 is 0 Å². The van der Waals surface area contributed by atoms with Gasteiger partial charge in [0.25, 0.3) is 0 Å². The summed E-state index contributed by atoms with van der Waals surface area (Å²) >= 11 is 1.79. The topological polar surface area (TPSA) is 24.3 Å². The molecule has 1 aliphatic rings. The van der Waals surface area contributed by atoms with Gasteiger partial charge in [0.15, 0.2) is 0 Å². The van der Waals surface area contributed by atoms with E-state index in [-0.39, 0.29) is 0 Å². The minimum atomic E-state index is 0.541. The average Bonchev–Trinajstić information content (AvgIpc) is 3.18. The summed E-state index contributed by atoms with van der Waals surface area (Å²) in [6.45, 7) is 11.0. The molecule has 0 unspecified atom stereocenters. The highest BCUT2D eigenvalue weighted by Crippen LogP contribution is 2.23. The number of piperazine rings is 1. The molecule has 3 heterocycles. The fraction of sp³-hybridized carbons (Fsp3) is 0.562. The molecule has 0 spiro atoms. The predicted octanol–water partition coefficient (Wildman–Crippen LogP) is 2.84. The Morgan fingerprint density at radius 2 is 2.05 bits per heavy atom. The summed E-state index contributed by atoms with van der Waals surface area (Å²) in [6.07, 6.45) is 1.91. The van der Waals surface area contributed by atoms with Crippen LogP contribution in [-0.2, 0) is 13.1 Å². The van der Waals surface area contributed by atoms with E-state index in [2.05, 4.69) is 56.3 Å². The van der Waals surface area contributed by atoms with E-state index >= 15 is 0 Å². The molecule has 3 rings (SSSR count). The van der Waals surface area contributed by atoms with Crippen molar-refractivity contribution in [3.05, 3.63) is 40.3 Å². The van der Waals surface area contributed by atoms with Crippen molar-refractivity contribution in [2.24, 2.45) is 0 Å². The standard InChI is InChI=1S/C16H24N4S/c1-3-20-16(4-6-17-20)12-18-7-9-19(10-8-18)14(2)15-5-11-21-13-15/h4-6,11,13-14H,3,7-10,12H2,1-2H3/t14-/m0/s1. The van der Waals surface area contributed by atoms with E-state index in [1.165, 1.54) is 11.3 Å². The lowest BCUT2D eigenvalue weighted by Crippen LogP contribution is -2.46. The van der Waals surface area contributed by atoms with Crippen LogP contribution in [0.25, 0.3) is 0 Å². The monoisotopic (exact) mass is 304 g/mol. The van der Waals surface area contributed by atoms with Crippen molar-refractivity contribution in [2.75, 3.05) is 26.2 Å². The number of hydrogen-bond donors (Lipinski definition) is 0. The van der Waals surface area contributed by atoms with Gasteiger partial charge in [0, 0.05) is 51.5 Å². The average molecular weight is 304 g/mol. The molecule has 21 heavy (non-hydrogen) atoms. The van der Waals surface area contributed by atoms with Gasteiger partial charge in [-0.3, -0.25) is 14.5 Å². The Bertz CT molecular complexity index is 540. The summed E-state index contributed by atoms with van der Waals surface area (Å²) in [5.41, 5.74) is 2.79. The zero-order chi connectivity index (χ0) is 14.7. The maximum Gasteiger partial charge on any atom is 0.0524 e. The smallest absolute Gasteiger partial charge is 0.0524 e. The maximum absolute atomic E-state index is 4.36. The summed E-state index contributed by atoms with van der Waals surface area (Å²) in [5.74, 6) is 0. The fourth-order valence-electron chi connectivity index (χ4n) is 3.04. The highest BCUT2D eigenvalue weighted by molar-refractivity contribution is 7.07. The van der Waals surface area contributed by atoms with Crippen LogP contribution in [0.15, 0.2) is 29.1 Å². The van der Waals surface area contributed by atoms with Gasteiger partial charge in [0.2, 0.25) is 0 Å². The summed E-state index contributed by atoms with van der Waals surface area (Å²) in [4.78, 5) is 5.13. The second-order valence-electron chi connectivity index (χ2n) is 5.68. The van der Waals surface area contributed by atoms with Gasteiger partial charge in [-0.2, -0.15) is 16.4 Å². The van der Waals surface area contributed by atoms with Crippen LogP contribution in [0.5, 0.6) is 0 Å². The third-order valence-corrected chi connectivity index (χ3v) is 5.17. The predicted molar refractivity (Wildman–Crippen MR) is 87.5 cm³/mol. The van der Waals surface area contributed by atoms with E-state index in [4.69, 9.17) is 0 Å². The third-order valence-electron chi connectivity index (χ3n) is 4.47. The zero-order valence-corrected chi connectivity index (χ0v) is 13.7. The molecule has 0 aliphatic carbocycles. The van der Waals surface area contributed by atoms with E-state index in [9.17, 15) is 0 Å². The number of nitrogens with zero attached hydrogens (tertiary/aromatic N) is 4. The van der Waals surface area contributed by atoms with Gasteiger partial charge in [-0.05, 0) is 42.3 Å². The SMILES string of the molecule is CCn1nccc1CN1CCN([C@@H](C)c2ccsc2)CC1. The highest BCUT2D eigenvalue weighted by Gasteiger charge is 2.22. The second-order valence-corrected chi connectivity index (χ2v) is 6.46. The van der Waals surface area contributed by atoms with Crippen molar-refractivity contribution < 1.29 is 0 Å². The van der Waals surface area contributed by atoms with E-state index in [1.54, 1.807) is 11.3 Å². The zero-order valence-electron chi connectivity index (χ0n) is 12.9. The molecule has 1 saturated heterocycles. The molecule has 1 aliphatic heterocycles. The van der Waals surface area contributed by atoms with E-state index in [0.717, 1.165) is 39.3 Å². The Labute approximate surface area is 131 Å². The van der Waals surface area contributed by atoms with Gasteiger partial charge >= 0.3 is 0 Å². The van der Waals surface area contributed by atoms with Gasteiger partial charge < -0.3 is 0 Å². The lowest BCUT2D eigenvalue weighted by Gasteiger charge is -2.38.